The van der Waals surface area contributed by atoms with Gasteiger partial charge < -0.3 is 31.3 Å². The third-order valence-electron chi connectivity index (χ3n) is 5.42. The lowest BCUT2D eigenvalue weighted by molar-refractivity contribution is -0.393. The van der Waals surface area contributed by atoms with E-state index in [0.717, 1.165) is 12.1 Å². The van der Waals surface area contributed by atoms with Gasteiger partial charge in [-0.2, -0.15) is 0 Å². The fraction of sp³-hybridized carbons (Fsp3) is 0.429. The molecule has 0 bridgehead atoms. The Balaban J connectivity index is 1.83. The van der Waals surface area contributed by atoms with Gasteiger partial charge in [0.15, 0.2) is 0 Å². The number of carbonyl (C=O) groups excluding carboxylic acids is 1. The molecule has 1 heterocycles. The van der Waals surface area contributed by atoms with Crippen LogP contribution in [0.3, 0.4) is 0 Å². The van der Waals surface area contributed by atoms with Crippen LogP contribution in [0, 0.1) is 20.2 Å². The number of benzene rings is 1. The van der Waals surface area contributed by atoms with Crippen LogP contribution < -0.4 is 16.0 Å². The van der Waals surface area contributed by atoms with Gasteiger partial charge >= 0.3 is 23.9 Å². The van der Waals surface area contributed by atoms with E-state index in [9.17, 15) is 44.5 Å². The number of carbonyl (C=O) groups is 4. The highest BCUT2D eigenvalue weighted by Gasteiger charge is 2.25. The predicted molar refractivity (Wildman–Crippen MR) is 132 cm³/mol. The van der Waals surface area contributed by atoms with E-state index in [-0.39, 0.29) is 25.1 Å². The van der Waals surface area contributed by atoms with Crippen molar-refractivity contribution >= 4 is 41.0 Å². The standard InChI is InChI=1S/C21H26N8O11/c30-18(31)7-6-16(20(34)35)24-21(36)23-15(19(32)33)3-1-2-8-27-11-12(25-26-27)10-22-14-5-4-13(28(37)38)9-17(14)29(39)40/h4-5,9,11,15-16,22H,1-3,6-8,10H2,(H,30,31)(H,32,33)(H,34,35)(H2,23,24,36)/t15-,16-/m0/s1. The average Bonchev–Trinajstić information content (AvgIpc) is 3.34. The van der Waals surface area contributed by atoms with Crippen LogP contribution in [0.15, 0.2) is 24.4 Å². The van der Waals surface area contributed by atoms with Gasteiger partial charge in [0.1, 0.15) is 23.5 Å². The number of non-ortho nitro benzene ring substituents is 1. The summed E-state index contributed by atoms with van der Waals surface area (Å²) in [6.07, 6.45) is 1.41. The summed E-state index contributed by atoms with van der Waals surface area (Å²) in [5.74, 6) is -4.06. The predicted octanol–water partition coefficient (Wildman–Crippen LogP) is 0.947. The number of rotatable bonds is 17. The zero-order valence-corrected chi connectivity index (χ0v) is 20.8. The number of amides is 2. The molecule has 2 aromatic rings. The third-order valence-corrected chi connectivity index (χ3v) is 5.42. The Morgan fingerprint density at radius 3 is 2.17 bits per heavy atom. The van der Waals surface area contributed by atoms with Gasteiger partial charge in [-0.1, -0.05) is 5.21 Å². The topological polar surface area (TPSA) is 282 Å². The van der Waals surface area contributed by atoms with Gasteiger partial charge in [0, 0.05) is 19.0 Å². The van der Waals surface area contributed by atoms with E-state index >= 15 is 0 Å². The van der Waals surface area contributed by atoms with Crippen molar-refractivity contribution in [1.29, 1.82) is 0 Å². The summed E-state index contributed by atoms with van der Waals surface area (Å²) in [5.41, 5.74) is -0.441. The SMILES string of the molecule is O=C(O)CC[C@H](NC(=O)N[C@@H](CCCCn1cc(CNc2ccc([N+](=O)[O-])cc2[N+](=O)[O-])nn1)C(=O)O)C(=O)O. The lowest BCUT2D eigenvalue weighted by atomic mass is 10.1. The number of carboxylic acid groups (broad SMARTS) is 3. The molecular formula is C21H26N8O11. The minimum atomic E-state index is -1.51. The molecule has 0 unspecified atom stereocenters. The molecule has 0 saturated carbocycles. The number of nitrogens with zero attached hydrogens (tertiary/aromatic N) is 5. The van der Waals surface area contributed by atoms with Gasteiger partial charge in [0.05, 0.1) is 28.7 Å². The van der Waals surface area contributed by atoms with Crippen LogP contribution in [0.25, 0.3) is 0 Å². The van der Waals surface area contributed by atoms with E-state index in [4.69, 9.17) is 10.2 Å². The molecule has 6 N–H and O–H groups in total. The highest BCUT2D eigenvalue weighted by Crippen LogP contribution is 2.29. The van der Waals surface area contributed by atoms with E-state index in [1.165, 1.54) is 10.7 Å². The second-order valence-electron chi connectivity index (χ2n) is 8.37. The van der Waals surface area contributed by atoms with E-state index in [0.29, 0.717) is 25.1 Å². The monoisotopic (exact) mass is 566 g/mol. The molecule has 0 aliphatic carbocycles. The quantitative estimate of drug-likeness (QED) is 0.0883. The first kappa shape index (κ1) is 30.9. The van der Waals surface area contributed by atoms with Crippen molar-refractivity contribution < 1.29 is 44.3 Å². The number of nitrogens with one attached hydrogen (secondary N) is 3. The Kier molecular flexibility index (Phi) is 11.2. The molecule has 216 valence electrons. The molecule has 0 radical (unpaired) electrons. The summed E-state index contributed by atoms with van der Waals surface area (Å²) in [6.45, 7) is 0.349. The van der Waals surface area contributed by atoms with Crippen LogP contribution in [0.4, 0.5) is 21.9 Å². The molecule has 0 aliphatic rings. The molecule has 1 aromatic carbocycles. The highest BCUT2D eigenvalue weighted by molar-refractivity contribution is 5.86. The smallest absolute Gasteiger partial charge is 0.326 e. The molecule has 19 nitrogen and oxygen atoms in total. The zero-order chi connectivity index (χ0) is 29.8. The summed E-state index contributed by atoms with van der Waals surface area (Å²) >= 11 is 0. The van der Waals surface area contributed by atoms with Crippen LogP contribution in [-0.2, 0) is 27.5 Å². The molecule has 0 fully saturated rings. The highest BCUT2D eigenvalue weighted by atomic mass is 16.6. The zero-order valence-electron chi connectivity index (χ0n) is 20.8. The maximum absolute atomic E-state index is 12.1. The number of unbranched alkanes of at least 4 members (excludes halogenated alkanes) is 1. The summed E-state index contributed by atoms with van der Waals surface area (Å²) in [6, 6.07) is -0.724. The Hall–Kier alpha value is -5.36. The van der Waals surface area contributed by atoms with E-state index in [1.807, 2.05) is 5.32 Å². The number of aryl methyl sites for hydroxylation is 1. The summed E-state index contributed by atoms with van der Waals surface area (Å²) < 4.78 is 1.46. The van der Waals surface area contributed by atoms with Gasteiger partial charge in [-0.25, -0.2) is 14.4 Å². The van der Waals surface area contributed by atoms with Gasteiger partial charge in [-0.15, -0.1) is 5.10 Å². The van der Waals surface area contributed by atoms with Crippen molar-refractivity contribution in [2.24, 2.45) is 0 Å². The summed E-state index contributed by atoms with van der Waals surface area (Å²) in [4.78, 5) is 66.0. The number of nitro groups is 2. The van der Waals surface area contributed by atoms with Crippen LogP contribution in [-0.4, -0.2) is 76.2 Å². The van der Waals surface area contributed by atoms with E-state index in [1.54, 1.807) is 6.20 Å². The number of hydrogen-bond donors (Lipinski definition) is 6. The number of carboxylic acids is 3. The van der Waals surface area contributed by atoms with Crippen LogP contribution >= 0.6 is 0 Å². The van der Waals surface area contributed by atoms with Crippen LogP contribution in [0.1, 0.15) is 37.8 Å². The minimum absolute atomic E-state index is 0.00252. The maximum Gasteiger partial charge on any atom is 0.326 e. The van der Waals surface area contributed by atoms with Crippen molar-refractivity contribution in [1.82, 2.24) is 25.6 Å². The third kappa shape index (κ3) is 9.84. The second-order valence-corrected chi connectivity index (χ2v) is 8.37. The van der Waals surface area contributed by atoms with Crippen molar-refractivity contribution in [3.05, 3.63) is 50.3 Å². The molecule has 0 spiro atoms. The van der Waals surface area contributed by atoms with Gasteiger partial charge in [0.25, 0.3) is 11.4 Å². The lowest BCUT2D eigenvalue weighted by Crippen LogP contribution is -2.51. The molecule has 0 saturated heterocycles. The number of hydrogen-bond acceptors (Lipinski definition) is 11. The summed E-state index contributed by atoms with van der Waals surface area (Å²) in [5, 5.41) is 64.0. The van der Waals surface area contributed by atoms with E-state index in [2.05, 4.69) is 20.9 Å². The number of nitro benzene ring substituents is 2. The van der Waals surface area contributed by atoms with Crippen molar-refractivity contribution in [3.63, 3.8) is 0 Å². The molecular weight excluding hydrogens is 540 g/mol. The fourth-order valence-corrected chi connectivity index (χ4v) is 3.41. The second kappa shape index (κ2) is 14.5. The molecule has 2 atom stereocenters. The normalized spacial score (nSPS) is 12.1. The Bertz CT molecular complexity index is 1260. The fourth-order valence-electron chi connectivity index (χ4n) is 3.41. The van der Waals surface area contributed by atoms with Crippen LogP contribution in [0.5, 0.6) is 0 Å². The first-order chi connectivity index (χ1) is 18.9. The van der Waals surface area contributed by atoms with E-state index < -0.39 is 63.7 Å². The molecule has 2 rings (SSSR count). The number of aliphatic carboxylic acids is 3. The first-order valence-corrected chi connectivity index (χ1v) is 11.7. The Morgan fingerprint density at radius 2 is 1.60 bits per heavy atom. The maximum atomic E-state index is 12.1. The molecule has 40 heavy (non-hydrogen) atoms. The van der Waals surface area contributed by atoms with Crippen LogP contribution in [0.2, 0.25) is 0 Å². The minimum Gasteiger partial charge on any atom is -0.481 e. The van der Waals surface area contributed by atoms with Crippen molar-refractivity contribution in [3.8, 4) is 0 Å². The molecule has 2 amide bonds. The molecule has 0 aliphatic heterocycles. The Morgan fingerprint density at radius 1 is 0.950 bits per heavy atom. The summed E-state index contributed by atoms with van der Waals surface area (Å²) in [7, 11) is 0. The van der Waals surface area contributed by atoms with Gasteiger partial charge in [-0.05, 0) is 31.7 Å². The number of urea groups is 1. The van der Waals surface area contributed by atoms with Crippen molar-refractivity contribution in [2.75, 3.05) is 5.32 Å². The first-order valence-electron chi connectivity index (χ1n) is 11.7. The molecule has 1 aromatic heterocycles. The number of anilines is 1. The van der Waals surface area contributed by atoms with Gasteiger partial charge in [0.2, 0.25) is 0 Å². The largest absolute Gasteiger partial charge is 0.481 e. The van der Waals surface area contributed by atoms with Crippen molar-refractivity contribution in [2.45, 2.75) is 57.3 Å². The van der Waals surface area contributed by atoms with Gasteiger partial charge in [-0.3, -0.25) is 29.7 Å². The Labute approximate surface area is 224 Å². The average molecular weight is 566 g/mol. The molecule has 19 heteroatoms. The lowest BCUT2D eigenvalue weighted by Gasteiger charge is -2.18. The number of aromatic nitrogens is 3.